The highest BCUT2D eigenvalue weighted by Gasteiger charge is 2.11. The molecule has 2 rings (SSSR count). The third-order valence-corrected chi connectivity index (χ3v) is 3.93. The Morgan fingerprint density at radius 2 is 1.55 bits per heavy atom. The molecule has 2 aromatic rings. The molecule has 1 N–H and O–H groups in total. The van der Waals surface area contributed by atoms with Crippen molar-refractivity contribution in [2.75, 3.05) is 0 Å². The summed E-state index contributed by atoms with van der Waals surface area (Å²) >= 11 is 0. The molecular weight excluding hydrogens is 242 g/mol. The third kappa shape index (κ3) is 3.71. The molecule has 2 atom stereocenters. The summed E-state index contributed by atoms with van der Waals surface area (Å²) in [6, 6.07) is 18.4. The Kier molecular flexibility index (Phi) is 4.97. The number of benzene rings is 2. The van der Waals surface area contributed by atoms with Crippen LogP contribution in [0.1, 0.15) is 55.1 Å². The maximum atomic E-state index is 3.68. The predicted octanol–water partition coefficient (Wildman–Crippen LogP) is 4.97. The summed E-state index contributed by atoms with van der Waals surface area (Å²) in [5.41, 5.74) is 5.41. The average Bonchev–Trinajstić information content (AvgIpc) is 2.47. The minimum Gasteiger partial charge on any atom is -0.304 e. The van der Waals surface area contributed by atoms with Gasteiger partial charge in [-0.3, -0.25) is 0 Å². The molecule has 0 bridgehead atoms. The summed E-state index contributed by atoms with van der Waals surface area (Å²) in [6.45, 7) is 8.79. The fourth-order valence-corrected chi connectivity index (χ4v) is 2.55. The first-order valence-electron chi connectivity index (χ1n) is 7.51. The summed E-state index contributed by atoms with van der Waals surface area (Å²) in [5, 5.41) is 3.68. The van der Waals surface area contributed by atoms with Gasteiger partial charge in [0.1, 0.15) is 0 Å². The maximum absolute atomic E-state index is 3.68. The molecule has 0 saturated carbocycles. The molecule has 0 heterocycles. The maximum Gasteiger partial charge on any atom is 0.0297 e. The molecule has 0 aromatic heterocycles. The lowest BCUT2D eigenvalue weighted by molar-refractivity contribution is 0.494. The van der Waals surface area contributed by atoms with Gasteiger partial charge in [0.15, 0.2) is 0 Å². The Morgan fingerprint density at radius 3 is 2.15 bits per heavy atom. The highest BCUT2D eigenvalue weighted by molar-refractivity contribution is 5.27. The molecule has 0 spiro atoms. The molecule has 0 aliphatic heterocycles. The zero-order valence-electron chi connectivity index (χ0n) is 13.0. The van der Waals surface area contributed by atoms with Crippen molar-refractivity contribution in [1.29, 1.82) is 0 Å². The van der Waals surface area contributed by atoms with Crippen molar-refractivity contribution in [1.82, 2.24) is 5.32 Å². The van der Waals surface area contributed by atoms with Crippen molar-refractivity contribution in [3.63, 3.8) is 0 Å². The van der Waals surface area contributed by atoms with Crippen LogP contribution in [0.4, 0.5) is 0 Å². The molecule has 20 heavy (non-hydrogen) atoms. The van der Waals surface area contributed by atoms with Crippen molar-refractivity contribution in [3.05, 3.63) is 70.8 Å². The minimum atomic E-state index is 0.357. The van der Waals surface area contributed by atoms with Crippen LogP contribution >= 0.6 is 0 Å². The quantitative estimate of drug-likeness (QED) is 0.806. The van der Waals surface area contributed by atoms with E-state index in [9.17, 15) is 0 Å². The number of rotatable bonds is 5. The number of hydrogen-bond donors (Lipinski definition) is 1. The van der Waals surface area contributed by atoms with Crippen molar-refractivity contribution >= 4 is 0 Å². The normalized spacial score (nSPS) is 14.0. The van der Waals surface area contributed by atoms with Gasteiger partial charge in [0.05, 0.1) is 0 Å². The summed E-state index contributed by atoms with van der Waals surface area (Å²) in [4.78, 5) is 0. The SMILES string of the molecule is CCc1ccc(C(C)N[C@H](C)c2cccc(C)c2)cc1. The van der Waals surface area contributed by atoms with Gasteiger partial charge in [-0.05, 0) is 43.9 Å². The largest absolute Gasteiger partial charge is 0.304 e. The Hall–Kier alpha value is -1.60. The fraction of sp³-hybridized carbons (Fsp3) is 0.368. The van der Waals surface area contributed by atoms with Crippen LogP contribution in [0.25, 0.3) is 0 Å². The molecule has 1 unspecified atom stereocenters. The van der Waals surface area contributed by atoms with E-state index in [1.54, 1.807) is 0 Å². The lowest BCUT2D eigenvalue weighted by Crippen LogP contribution is -2.22. The third-order valence-electron chi connectivity index (χ3n) is 3.93. The first-order chi connectivity index (χ1) is 9.60. The molecule has 0 fully saturated rings. The van der Waals surface area contributed by atoms with Crippen LogP contribution in [0, 0.1) is 6.92 Å². The number of nitrogens with one attached hydrogen (secondary N) is 1. The zero-order chi connectivity index (χ0) is 14.5. The van der Waals surface area contributed by atoms with Crippen LogP contribution in [0.3, 0.4) is 0 Å². The first-order valence-corrected chi connectivity index (χ1v) is 7.51. The Bertz CT molecular complexity index is 542. The topological polar surface area (TPSA) is 12.0 Å². The molecule has 0 aliphatic rings. The van der Waals surface area contributed by atoms with E-state index in [0.29, 0.717) is 12.1 Å². The van der Waals surface area contributed by atoms with Gasteiger partial charge < -0.3 is 5.32 Å². The molecule has 0 amide bonds. The smallest absolute Gasteiger partial charge is 0.0297 e. The van der Waals surface area contributed by atoms with Crippen molar-refractivity contribution in [3.8, 4) is 0 Å². The van der Waals surface area contributed by atoms with Crippen LogP contribution in [0.2, 0.25) is 0 Å². The second-order valence-electron chi connectivity index (χ2n) is 5.62. The molecule has 2 aromatic carbocycles. The summed E-state index contributed by atoms with van der Waals surface area (Å²) < 4.78 is 0. The van der Waals surface area contributed by atoms with Gasteiger partial charge in [-0.15, -0.1) is 0 Å². The van der Waals surface area contributed by atoms with E-state index in [1.807, 2.05) is 0 Å². The Balaban J connectivity index is 2.04. The van der Waals surface area contributed by atoms with E-state index in [0.717, 1.165) is 6.42 Å². The second kappa shape index (κ2) is 6.71. The Labute approximate surface area is 123 Å². The van der Waals surface area contributed by atoms with E-state index in [-0.39, 0.29) is 0 Å². The van der Waals surface area contributed by atoms with Crippen molar-refractivity contribution < 1.29 is 0 Å². The van der Waals surface area contributed by atoms with Gasteiger partial charge in [-0.25, -0.2) is 0 Å². The van der Waals surface area contributed by atoms with E-state index < -0.39 is 0 Å². The van der Waals surface area contributed by atoms with Crippen LogP contribution < -0.4 is 5.32 Å². The summed E-state index contributed by atoms with van der Waals surface area (Å²) in [5.74, 6) is 0. The standard InChI is InChI=1S/C19H25N/c1-5-17-9-11-18(12-10-17)15(3)20-16(4)19-8-6-7-14(2)13-19/h6-13,15-16,20H,5H2,1-4H3/t15?,16-/m1/s1. The lowest BCUT2D eigenvalue weighted by Gasteiger charge is -2.21. The second-order valence-corrected chi connectivity index (χ2v) is 5.62. The van der Waals surface area contributed by atoms with E-state index in [1.165, 1.54) is 22.3 Å². The van der Waals surface area contributed by atoms with Gasteiger partial charge in [0.25, 0.3) is 0 Å². The number of aryl methyl sites for hydroxylation is 2. The highest BCUT2D eigenvalue weighted by atomic mass is 14.9. The molecule has 106 valence electrons. The van der Waals surface area contributed by atoms with Gasteiger partial charge in [0, 0.05) is 12.1 Å². The predicted molar refractivity (Wildman–Crippen MR) is 87.0 cm³/mol. The minimum absolute atomic E-state index is 0.357. The molecule has 0 aliphatic carbocycles. The van der Waals surface area contributed by atoms with Crippen molar-refractivity contribution in [2.45, 2.75) is 46.2 Å². The van der Waals surface area contributed by atoms with E-state index in [2.05, 4.69) is 81.5 Å². The Morgan fingerprint density at radius 1 is 0.900 bits per heavy atom. The molecule has 0 radical (unpaired) electrons. The van der Waals surface area contributed by atoms with Crippen LogP contribution in [-0.2, 0) is 6.42 Å². The lowest BCUT2D eigenvalue weighted by atomic mass is 10.0. The van der Waals surface area contributed by atoms with Crippen molar-refractivity contribution in [2.24, 2.45) is 0 Å². The van der Waals surface area contributed by atoms with E-state index in [4.69, 9.17) is 0 Å². The highest BCUT2D eigenvalue weighted by Crippen LogP contribution is 2.20. The number of hydrogen-bond acceptors (Lipinski definition) is 1. The first kappa shape index (κ1) is 14.8. The zero-order valence-corrected chi connectivity index (χ0v) is 13.0. The molecule has 1 heteroatoms. The molecular formula is C19H25N. The molecule has 1 nitrogen and oxygen atoms in total. The average molecular weight is 267 g/mol. The van der Waals surface area contributed by atoms with Gasteiger partial charge >= 0.3 is 0 Å². The van der Waals surface area contributed by atoms with Gasteiger partial charge in [-0.2, -0.15) is 0 Å². The molecule has 0 saturated heterocycles. The fourth-order valence-electron chi connectivity index (χ4n) is 2.55. The van der Waals surface area contributed by atoms with Gasteiger partial charge in [0.2, 0.25) is 0 Å². The van der Waals surface area contributed by atoms with Crippen LogP contribution in [0.15, 0.2) is 48.5 Å². The van der Waals surface area contributed by atoms with Gasteiger partial charge in [-0.1, -0.05) is 61.0 Å². The van der Waals surface area contributed by atoms with Crippen LogP contribution in [-0.4, -0.2) is 0 Å². The van der Waals surface area contributed by atoms with Crippen LogP contribution in [0.5, 0.6) is 0 Å². The summed E-state index contributed by atoms with van der Waals surface area (Å²) in [7, 11) is 0. The van der Waals surface area contributed by atoms with E-state index >= 15 is 0 Å². The summed E-state index contributed by atoms with van der Waals surface area (Å²) in [6.07, 6.45) is 1.10. The monoisotopic (exact) mass is 267 g/mol.